The molecule has 0 saturated carbocycles. The third kappa shape index (κ3) is 7.39. The SMILES string of the molecule is CCNC(=NCC(c1ccc(C)o1)N1CCOCC1)NC1CCN(C(C)C)CC1.I. The van der Waals surface area contributed by atoms with E-state index < -0.39 is 0 Å². The van der Waals surface area contributed by atoms with Crippen LogP contribution in [0.1, 0.15) is 51.2 Å². The molecule has 1 aromatic rings. The Morgan fingerprint density at radius 3 is 2.40 bits per heavy atom. The fraction of sp³-hybridized carbons (Fsp3) is 0.773. The second-order valence-corrected chi connectivity index (χ2v) is 8.38. The van der Waals surface area contributed by atoms with E-state index in [9.17, 15) is 0 Å². The number of ether oxygens (including phenoxy) is 1. The first-order chi connectivity index (χ1) is 14.1. The maximum absolute atomic E-state index is 5.98. The van der Waals surface area contributed by atoms with Gasteiger partial charge in [0, 0.05) is 44.8 Å². The van der Waals surface area contributed by atoms with E-state index in [0.717, 1.165) is 76.3 Å². The first-order valence-corrected chi connectivity index (χ1v) is 11.2. The van der Waals surface area contributed by atoms with Gasteiger partial charge in [0.15, 0.2) is 5.96 Å². The lowest BCUT2D eigenvalue weighted by Gasteiger charge is -2.35. The normalized spacial score (nSPS) is 20.8. The van der Waals surface area contributed by atoms with Crippen LogP contribution in [0.2, 0.25) is 0 Å². The minimum Gasteiger partial charge on any atom is -0.465 e. The standard InChI is InChI=1S/C22H39N5O2.HI/c1-5-23-22(25-19-8-10-26(11-9-19)17(2)3)24-16-20(21-7-6-18(4)29-21)27-12-14-28-15-13-27;/h6-7,17,19-20H,5,8-16H2,1-4H3,(H2,23,24,25);1H. The summed E-state index contributed by atoms with van der Waals surface area (Å²) in [7, 11) is 0. The van der Waals surface area contributed by atoms with Gasteiger partial charge in [-0.25, -0.2) is 0 Å². The van der Waals surface area contributed by atoms with E-state index in [2.05, 4.69) is 47.3 Å². The van der Waals surface area contributed by atoms with Crippen LogP contribution in [0.3, 0.4) is 0 Å². The molecule has 3 rings (SSSR count). The summed E-state index contributed by atoms with van der Waals surface area (Å²) in [4.78, 5) is 9.94. The van der Waals surface area contributed by atoms with E-state index >= 15 is 0 Å². The van der Waals surface area contributed by atoms with Crippen LogP contribution in [0, 0.1) is 6.92 Å². The third-order valence-corrected chi connectivity index (χ3v) is 5.94. The molecule has 2 aliphatic heterocycles. The van der Waals surface area contributed by atoms with Crippen LogP contribution in [-0.4, -0.2) is 80.3 Å². The monoisotopic (exact) mass is 533 g/mol. The van der Waals surface area contributed by atoms with Crippen LogP contribution in [0.15, 0.2) is 21.5 Å². The van der Waals surface area contributed by atoms with Crippen molar-refractivity contribution in [3.63, 3.8) is 0 Å². The number of guanidine groups is 1. The highest BCUT2D eigenvalue weighted by Gasteiger charge is 2.26. The van der Waals surface area contributed by atoms with Gasteiger partial charge in [-0.1, -0.05) is 0 Å². The number of nitrogens with one attached hydrogen (secondary N) is 2. The summed E-state index contributed by atoms with van der Waals surface area (Å²) >= 11 is 0. The van der Waals surface area contributed by atoms with Crippen molar-refractivity contribution in [2.45, 2.75) is 58.7 Å². The predicted molar refractivity (Wildman–Crippen MR) is 133 cm³/mol. The first-order valence-electron chi connectivity index (χ1n) is 11.2. The Morgan fingerprint density at radius 1 is 1.13 bits per heavy atom. The molecule has 0 aliphatic carbocycles. The van der Waals surface area contributed by atoms with Crippen molar-refractivity contribution in [3.05, 3.63) is 23.7 Å². The minimum atomic E-state index is 0. The summed E-state index contributed by atoms with van der Waals surface area (Å²) in [6.45, 7) is 15.9. The Morgan fingerprint density at radius 2 is 1.83 bits per heavy atom. The number of halogens is 1. The van der Waals surface area contributed by atoms with Crippen molar-refractivity contribution < 1.29 is 9.15 Å². The molecule has 2 N–H and O–H groups in total. The smallest absolute Gasteiger partial charge is 0.191 e. The zero-order valence-corrected chi connectivity index (χ0v) is 21.4. The Balaban J connectivity index is 0.00000320. The molecule has 1 unspecified atom stereocenters. The Labute approximate surface area is 199 Å². The van der Waals surface area contributed by atoms with Gasteiger partial charge in [-0.2, -0.15) is 0 Å². The number of nitrogens with zero attached hydrogens (tertiary/aromatic N) is 3. The van der Waals surface area contributed by atoms with E-state index in [1.807, 2.05) is 13.0 Å². The van der Waals surface area contributed by atoms with Crippen molar-refractivity contribution in [1.82, 2.24) is 20.4 Å². The molecule has 0 bridgehead atoms. The van der Waals surface area contributed by atoms with Crippen molar-refractivity contribution in [2.24, 2.45) is 4.99 Å². The summed E-state index contributed by atoms with van der Waals surface area (Å²) in [6.07, 6.45) is 2.32. The topological polar surface area (TPSA) is 65.3 Å². The lowest BCUT2D eigenvalue weighted by atomic mass is 10.0. The van der Waals surface area contributed by atoms with E-state index in [-0.39, 0.29) is 30.0 Å². The molecular weight excluding hydrogens is 493 g/mol. The molecule has 2 aliphatic rings. The molecule has 1 aromatic heterocycles. The molecule has 0 radical (unpaired) electrons. The van der Waals surface area contributed by atoms with E-state index in [4.69, 9.17) is 14.1 Å². The number of rotatable bonds is 7. The van der Waals surface area contributed by atoms with Crippen molar-refractivity contribution in [3.8, 4) is 0 Å². The second-order valence-electron chi connectivity index (χ2n) is 8.38. The number of morpholine rings is 1. The van der Waals surface area contributed by atoms with Crippen LogP contribution in [-0.2, 0) is 4.74 Å². The highest BCUT2D eigenvalue weighted by Crippen LogP contribution is 2.24. The number of piperidine rings is 1. The molecule has 0 aromatic carbocycles. The fourth-order valence-corrected chi connectivity index (χ4v) is 4.16. The zero-order chi connectivity index (χ0) is 20.6. The van der Waals surface area contributed by atoms with Crippen molar-refractivity contribution in [2.75, 3.05) is 52.5 Å². The van der Waals surface area contributed by atoms with Gasteiger partial charge in [0.05, 0.1) is 25.8 Å². The molecule has 0 spiro atoms. The average molecular weight is 533 g/mol. The molecule has 0 amide bonds. The summed E-state index contributed by atoms with van der Waals surface area (Å²) in [6, 6.07) is 5.39. The van der Waals surface area contributed by atoms with E-state index in [0.29, 0.717) is 18.6 Å². The maximum Gasteiger partial charge on any atom is 0.191 e. The van der Waals surface area contributed by atoms with Crippen molar-refractivity contribution >= 4 is 29.9 Å². The molecule has 2 saturated heterocycles. The summed E-state index contributed by atoms with van der Waals surface area (Å²) < 4.78 is 11.5. The Bertz CT molecular complexity index is 637. The molecule has 3 heterocycles. The number of likely N-dealkylation sites (tertiary alicyclic amines) is 1. The molecule has 1 atom stereocenters. The first kappa shape index (κ1) is 25.4. The summed E-state index contributed by atoms with van der Waals surface area (Å²) in [5.41, 5.74) is 0. The number of aliphatic imine (C=N–C) groups is 1. The second kappa shape index (κ2) is 12.9. The van der Waals surface area contributed by atoms with Crippen LogP contribution in [0.4, 0.5) is 0 Å². The number of hydrogen-bond acceptors (Lipinski definition) is 5. The van der Waals surface area contributed by atoms with Gasteiger partial charge in [-0.05, 0) is 52.7 Å². The van der Waals surface area contributed by atoms with E-state index in [1.165, 1.54) is 0 Å². The van der Waals surface area contributed by atoms with Gasteiger partial charge in [-0.3, -0.25) is 9.89 Å². The Kier molecular flexibility index (Phi) is 10.9. The maximum atomic E-state index is 5.98. The van der Waals surface area contributed by atoms with Gasteiger partial charge in [0.1, 0.15) is 11.5 Å². The average Bonchev–Trinajstić information content (AvgIpc) is 3.15. The molecular formula is C22H40IN5O2. The van der Waals surface area contributed by atoms with Crippen molar-refractivity contribution in [1.29, 1.82) is 0 Å². The van der Waals surface area contributed by atoms with Gasteiger partial charge in [-0.15, -0.1) is 24.0 Å². The highest BCUT2D eigenvalue weighted by molar-refractivity contribution is 14.0. The number of furan rings is 1. The molecule has 172 valence electrons. The summed E-state index contributed by atoms with van der Waals surface area (Å²) in [5, 5.41) is 7.10. The van der Waals surface area contributed by atoms with Crippen LogP contribution >= 0.6 is 24.0 Å². The highest BCUT2D eigenvalue weighted by atomic mass is 127. The van der Waals surface area contributed by atoms with Gasteiger partial charge < -0.3 is 24.7 Å². The van der Waals surface area contributed by atoms with Crippen LogP contribution in [0.25, 0.3) is 0 Å². The molecule has 2 fully saturated rings. The van der Waals surface area contributed by atoms with Gasteiger partial charge in [0.2, 0.25) is 0 Å². The lowest BCUT2D eigenvalue weighted by Crippen LogP contribution is -2.50. The quantitative estimate of drug-likeness (QED) is 0.319. The van der Waals surface area contributed by atoms with Gasteiger partial charge >= 0.3 is 0 Å². The lowest BCUT2D eigenvalue weighted by molar-refractivity contribution is 0.0135. The fourth-order valence-electron chi connectivity index (χ4n) is 4.16. The predicted octanol–water partition coefficient (Wildman–Crippen LogP) is 3.01. The van der Waals surface area contributed by atoms with Gasteiger partial charge in [0.25, 0.3) is 0 Å². The van der Waals surface area contributed by atoms with E-state index in [1.54, 1.807) is 0 Å². The largest absolute Gasteiger partial charge is 0.465 e. The third-order valence-electron chi connectivity index (χ3n) is 5.94. The minimum absolute atomic E-state index is 0. The summed E-state index contributed by atoms with van der Waals surface area (Å²) in [5.74, 6) is 2.86. The molecule has 8 heteroatoms. The Hall–Kier alpha value is -0.840. The van der Waals surface area contributed by atoms with Crippen LogP contribution in [0.5, 0.6) is 0 Å². The number of hydrogen-bond donors (Lipinski definition) is 2. The molecule has 7 nitrogen and oxygen atoms in total. The van der Waals surface area contributed by atoms with Crippen LogP contribution < -0.4 is 10.6 Å². The zero-order valence-electron chi connectivity index (χ0n) is 19.0. The molecule has 30 heavy (non-hydrogen) atoms. The number of aryl methyl sites for hydroxylation is 1.